The van der Waals surface area contributed by atoms with Crippen molar-refractivity contribution in [1.82, 2.24) is 21.0 Å². The van der Waals surface area contributed by atoms with E-state index < -0.39 is 0 Å². The van der Waals surface area contributed by atoms with E-state index in [1.165, 1.54) is 96.4 Å². The van der Waals surface area contributed by atoms with Crippen LogP contribution in [0.2, 0.25) is 0 Å². The van der Waals surface area contributed by atoms with Gasteiger partial charge in [0.1, 0.15) is 6.10 Å². The SMILES string of the molecule is CC(C)N[C@@H](C)CC1(C)CCCC(CC(=O)NCCCCC[C@@H](C)CCCCN2CCC([C@@H](C)O[NH+]([O-])NC3CCCCC3)CC2)C1. The molecule has 3 rings (SSSR count). The Morgan fingerprint density at radius 3 is 2.32 bits per heavy atom. The van der Waals surface area contributed by atoms with Crippen LogP contribution < -0.4 is 21.4 Å². The molecule has 1 heterocycles. The van der Waals surface area contributed by atoms with Crippen molar-refractivity contribution in [2.75, 3.05) is 26.2 Å². The zero-order valence-corrected chi connectivity index (χ0v) is 31.7. The van der Waals surface area contributed by atoms with Gasteiger partial charge in [0.15, 0.2) is 0 Å². The van der Waals surface area contributed by atoms with E-state index in [2.05, 4.69) is 62.5 Å². The zero-order valence-electron chi connectivity index (χ0n) is 31.7. The van der Waals surface area contributed by atoms with Gasteiger partial charge in [0.05, 0.1) is 6.04 Å². The summed E-state index contributed by atoms with van der Waals surface area (Å²) >= 11 is 0. The van der Waals surface area contributed by atoms with Crippen molar-refractivity contribution in [3.63, 3.8) is 0 Å². The predicted molar refractivity (Wildman–Crippen MR) is 196 cm³/mol. The molecular formula is C39H77N5O3. The minimum Gasteiger partial charge on any atom is -0.579 e. The standard InChI is InChI=1S/C39H77N5O3/c1-31(2)41-33(4)29-39(6)23-15-18-35(30-39)28-38(45)40-24-13-8-9-16-32(3)17-12-14-25-43-26-21-36(22-27-43)34(5)47-44(46)42-37-19-10-7-11-20-37/h31-37,41-42,44H,7-30H2,1-6H3,(H,40,45)/t32-,33+,34-,35?,39?/m1/s1. The fraction of sp³-hybridized carbons (Fsp3) is 0.974. The van der Waals surface area contributed by atoms with Crippen molar-refractivity contribution < 1.29 is 15.0 Å². The van der Waals surface area contributed by atoms with Crippen LogP contribution in [0, 0.1) is 28.4 Å². The maximum absolute atomic E-state index is 12.7. The smallest absolute Gasteiger partial charge is 0.220 e. The second-order valence-electron chi connectivity index (χ2n) is 17.0. The number of carbonyl (C=O) groups excluding carboxylic acids is 1. The summed E-state index contributed by atoms with van der Waals surface area (Å²) in [5.41, 5.74) is 3.46. The quantitative estimate of drug-likeness (QED) is 0.0731. The lowest BCUT2D eigenvalue weighted by Crippen LogP contribution is -3.15. The van der Waals surface area contributed by atoms with E-state index in [1.807, 2.05) is 0 Å². The van der Waals surface area contributed by atoms with E-state index in [-0.39, 0.29) is 17.3 Å². The van der Waals surface area contributed by atoms with E-state index >= 15 is 0 Å². The topological polar surface area (TPSA) is 93.1 Å². The van der Waals surface area contributed by atoms with Gasteiger partial charge in [-0.2, -0.15) is 4.84 Å². The summed E-state index contributed by atoms with van der Waals surface area (Å²) in [5.74, 6) is 2.08. The van der Waals surface area contributed by atoms with Crippen LogP contribution in [0.15, 0.2) is 0 Å². The molecule has 4 N–H and O–H groups in total. The molecule has 0 aromatic heterocycles. The highest BCUT2D eigenvalue weighted by molar-refractivity contribution is 5.76. The summed E-state index contributed by atoms with van der Waals surface area (Å²) < 4.78 is 0. The summed E-state index contributed by atoms with van der Waals surface area (Å²) in [6, 6.07) is 1.37. The number of hydrogen-bond acceptors (Lipinski definition) is 6. The molecule has 0 aromatic rings. The molecule has 2 saturated carbocycles. The summed E-state index contributed by atoms with van der Waals surface area (Å²) in [6.45, 7) is 18.0. The number of hydrogen-bond donors (Lipinski definition) is 4. The third kappa shape index (κ3) is 17.1. The molecule has 8 heteroatoms. The Labute approximate surface area is 290 Å². The molecule has 8 nitrogen and oxygen atoms in total. The number of rotatable bonds is 22. The first-order chi connectivity index (χ1) is 22.5. The van der Waals surface area contributed by atoms with Crippen LogP contribution in [0.25, 0.3) is 0 Å². The molecule has 3 aliphatic rings. The number of unbranched alkanes of at least 4 members (excludes halogenated alkanes) is 3. The van der Waals surface area contributed by atoms with Gasteiger partial charge in [-0.25, -0.2) is 0 Å². The Morgan fingerprint density at radius 2 is 1.62 bits per heavy atom. The summed E-state index contributed by atoms with van der Waals surface area (Å²) in [5, 5.41) is 19.1. The van der Waals surface area contributed by atoms with Crippen LogP contribution in [-0.2, 0) is 9.63 Å². The van der Waals surface area contributed by atoms with Crippen molar-refractivity contribution in [2.24, 2.45) is 23.2 Å². The lowest BCUT2D eigenvalue weighted by Gasteiger charge is -2.40. The molecule has 0 spiro atoms. The number of amides is 1. The lowest BCUT2D eigenvalue weighted by atomic mass is 9.67. The number of quaternary nitrogens is 1. The summed E-state index contributed by atoms with van der Waals surface area (Å²) in [4.78, 5) is 21.1. The van der Waals surface area contributed by atoms with E-state index in [0.717, 1.165) is 57.7 Å². The second-order valence-corrected chi connectivity index (χ2v) is 17.0. The van der Waals surface area contributed by atoms with Crippen LogP contribution in [0.5, 0.6) is 0 Å². The van der Waals surface area contributed by atoms with Crippen molar-refractivity contribution in [2.45, 2.75) is 194 Å². The Kier molecular flexibility index (Phi) is 19.1. The van der Waals surface area contributed by atoms with Gasteiger partial charge in [-0.05, 0) is 121 Å². The van der Waals surface area contributed by atoms with E-state index in [0.29, 0.717) is 41.8 Å². The molecule has 0 aromatic carbocycles. The van der Waals surface area contributed by atoms with E-state index in [9.17, 15) is 10.0 Å². The van der Waals surface area contributed by atoms with Gasteiger partial charge in [-0.1, -0.05) is 85.5 Å². The molecule has 3 fully saturated rings. The first-order valence-corrected chi connectivity index (χ1v) is 20.2. The van der Waals surface area contributed by atoms with E-state index in [1.54, 1.807) is 0 Å². The van der Waals surface area contributed by atoms with E-state index in [4.69, 9.17) is 4.84 Å². The van der Waals surface area contributed by atoms with Crippen LogP contribution in [0.3, 0.4) is 0 Å². The van der Waals surface area contributed by atoms with Crippen molar-refractivity contribution >= 4 is 5.91 Å². The molecule has 276 valence electrons. The van der Waals surface area contributed by atoms with Gasteiger partial charge in [-0.3, -0.25) is 4.79 Å². The molecule has 3 unspecified atom stereocenters. The number of nitrogens with one attached hydrogen (secondary N) is 4. The molecule has 1 amide bonds. The Balaban J connectivity index is 1.14. The first kappa shape index (κ1) is 40.7. The third-order valence-corrected chi connectivity index (χ3v) is 11.7. The molecule has 47 heavy (non-hydrogen) atoms. The molecule has 0 bridgehead atoms. The van der Waals surface area contributed by atoms with Crippen LogP contribution in [0.1, 0.15) is 170 Å². The van der Waals surface area contributed by atoms with Gasteiger partial charge in [-0.15, -0.1) is 10.8 Å². The van der Waals surface area contributed by atoms with Crippen molar-refractivity contribution in [3.05, 3.63) is 5.21 Å². The van der Waals surface area contributed by atoms with Gasteiger partial charge in [0, 0.05) is 25.0 Å². The highest BCUT2D eigenvalue weighted by atomic mass is 16.9. The zero-order chi connectivity index (χ0) is 34.1. The van der Waals surface area contributed by atoms with Crippen LogP contribution in [-0.4, -0.2) is 61.2 Å². The Morgan fingerprint density at radius 1 is 0.915 bits per heavy atom. The highest BCUT2D eigenvalue weighted by Crippen LogP contribution is 2.43. The normalized spacial score (nSPS) is 26.3. The number of piperidine rings is 1. The minimum absolute atomic E-state index is 0.00240. The molecular weight excluding hydrogens is 586 g/mol. The fourth-order valence-electron chi connectivity index (χ4n) is 9.13. The van der Waals surface area contributed by atoms with Crippen LogP contribution >= 0.6 is 0 Å². The highest BCUT2D eigenvalue weighted by Gasteiger charge is 2.34. The molecule has 0 radical (unpaired) electrons. The monoisotopic (exact) mass is 664 g/mol. The molecule has 1 aliphatic heterocycles. The summed E-state index contributed by atoms with van der Waals surface area (Å²) in [6.07, 6.45) is 23.9. The average molecular weight is 664 g/mol. The number of carbonyl (C=O) groups is 1. The van der Waals surface area contributed by atoms with Gasteiger partial charge < -0.3 is 20.7 Å². The summed E-state index contributed by atoms with van der Waals surface area (Å²) in [7, 11) is 0. The Bertz CT molecular complexity index is 831. The average Bonchev–Trinajstić information content (AvgIpc) is 3.01. The number of likely N-dealkylation sites (tertiary alicyclic amines) is 1. The van der Waals surface area contributed by atoms with Gasteiger partial charge >= 0.3 is 0 Å². The van der Waals surface area contributed by atoms with Crippen LogP contribution in [0.4, 0.5) is 0 Å². The third-order valence-electron chi connectivity index (χ3n) is 11.7. The molecule has 1 saturated heterocycles. The van der Waals surface area contributed by atoms with Gasteiger partial charge in [0.25, 0.3) is 0 Å². The number of nitrogens with zero attached hydrogens (tertiary/aromatic N) is 1. The fourth-order valence-corrected chi connectivity index (χ4v) is 9.13. The maximum Gasteiger partial charge on any atom is 0.220 e. The Hall–Kier alpha value is -0.770. The molecule has 6 atom stereocenters. The van der Waals surface area contributed by atoms with Crippen molar-refractivity contribution in [3.8, 4) is 0 Å². The lowest BCUT2D eigenvalue weighted by molar-refractivity contribution is -1.10. The maximum atomic E-state index is 12.7. The predicted octanol–water partition coefficient (Wildman–Crippen LogP) is 7.08. The second kappa shape index (κ2) is 22.1. The molecule has 2 aliphatic carbocycles. The van der Waals surface area contributed by atoms with Gasteiger partial charge in [0.2, 0.25) is 5.91 Å². The first-order valence-electron chi connectivity index (χ1n) is 20.2. The minimum atomic E-state index is -0.207. The van der Waals surface area contributed by atoms with Crippen molar-refractivity contribution in [1.29, 1.82) is 0 Å². The largest absolute Gasteiger partial charge is 0.579 e.